The highest BCUT2D eigenvalue weighted by Gasteiger charge is 2.13. The Morgan fingerprint density at radius 1 is 1.31 bits per heavy atom. The normalized spacial score (nSPS) is 9.69. The van der Waals surface area contributed by atoms with Crippen LogP contribution in [-0.4, -0.2) is 23.3 Å². The third-order valence-electron chi connectivity index (χ3n) is 1.72. The van der Waals surface area contributed by atoms with E-state index in [-0.39, 0.29) is 17.1 Å². The van der Waals surface area contributed by atoms with E-state index in [0.29, 0.717) is 5.56 Å². The molecule has 0 spiro atoms. The van der Waals surface area contributed by atoms with Gasteiger partial charge >= 0.3 is 5.97 Å². The van der Waals surface area contributed by atoms with Crippen molar-refractivity contribution in [2.45, 2.75) is 6.92 Å². The van der Waals surface area contributed by atoms with E-state index in [9.17, 15) is 15.0 Å². The van der Waals surface area contributed by atoms with Crippen LogP contribution in [0.5, 0.6) is 11.5 Å². The molecule has 0 saturated carbocycles. The molecule has 0 fully saturated rings. The molecule has 0 unspecified atom stereocenters. The van der Waals surface area contributed by atoms with Gasteiger partial charge in [-0.25, -0.2) is 4.79 Å². The maximum absolute atomic E-state index is 11.0. The van der Waals surface area contributed by atoms with Crippen LogP contribution < -0.4 is 0 Å². The zero-order valence-corrected chi connectivity index (χ0v) is 7.37. The molecule has 0 atom stereocenters. The van der Waals surface area contributed by atoms with Gasteiger partial charge in [0.1, 0.15) is 17.1 Å². The number of rotatable bonds is 1. The predicted molar refractivity (Wildman–Crippen MR) is 45.8 cm³/mol. The minimum absolute atomic E-state index is 0.0365. The SMILES string of the molecule is COC(=O)c1cc(O)c(C)cc1O. The number of esters is 1. The quantitative estimate of drug-likeness (QED) is 0.505. The van der Waals surface area contributed by atoms with Gasteiger partial charge in [-0.05, 0) is 24.6 Å². The summed E-state index contributed by atoms with van der Waals surface area (Å²) in [6, 6.07) is 2.48. The third-order valence-corrected chi connectivity index (χ3v) is 1.72. The molecule has 4 nitrogen and oxygen atoms in total. The molecule has 1 aromatic rings. The number of aryl methyl sites for hydroxylation is 1. The Hall–Kier alpha value is -1.71. The topological polar surface area (TPSA) is 66.8 Å². The lowest BCUT2D eigenvalue weighted by Crippen LogP contribution is -2.01. The van der Waals surface area contributed by atoms with Crippen LogP contribution in [0.4, 0.5) is 0 Å². The van der Waals surface area contributed by atoms with Crippen LogP contribution in [0.3, 0.4) is 0 Å². The Bertz CT molecular complexity index is 344. The molecule has 13 heavy (non-hydrogen) atoms. The molecule has 0 saturated heterocycles. The predicted octanol–water partition coefficient (Wildman–Crippen LogP) is 1.19. The number of carbonyl (C=O) groups is 1. The molecular formula is C9H10O4. The van der Waals surface area contributed by atoms with Crippen LogP contribution in [-0.2, 0) is 4.74 Å². The van der Waals surface area contributed by atoms with Crippen molar-refractivity contribution in [1.82, 2.24) is 0 Å². The highest BCUT2D eigenvalue weighted by molar-refractivity contribution is 5.93. The molecule has 0 aliphatic heterocycles. The number of methoxy groups -OCH3 is 1. The smallest absolute Gasteiger partial charge is 0.341 e. The summed E-state index contributed by atoms with van der Waals surface area (Å²) in [5, 5.41) is 18.6. The van der Waals surface area contributed by atoms with Crippen LogP contribution in [0, 0.1) is 6.92 Å². The van der Waals surface area contributed by atoms with Gasteiger partial charge in [-0.3, -0.25) is 0 Å². The summed E-state index contributed by atoms with van der Waals surface area (Å²) in [5.41, 5.74) is 0.468. The van der Waals surface area contributed by atoms with Crippen LogP contribution >= 0.6 is 0 Å². The molecular weight excluding hydrogens is 172 g/mol. The lowest BCUT2D eigenvalue weighted by molar-refractivity contribution is 0.0597. The summed E-state index contributed by atoms with van der Waals surface area (Å²) in [7, 11) is 1.21. The number of phenols is 2. The first-order valence-electron chi connectivity index (χ1n) is 3.67. The molecule has 0 heterocycles. The van der Waals surface area contributed by atoms with Gasteiger partial charge in [-0.1, -0.05) is 0 Å². The second-order valence-electron chi connectivity index (χ2n) is 2.65. The molecule has 0 bridgehead atoms. The van der Waals surface area contributed by atoms with E-state index < -0.39 is 5.97 Å². The van der Waals surface area contributed by atoms with Gasteiger partial charge in [0.15, 0.2) is 0 Å². The zero-order valence-electron chi connectivity index (χ0n) is 7.37. The maximum Gasteiger partial charge on any atom is 0.341 e. The minimum Gasteiger partial charge on any atom is -0.508 e. The Kier molecular flexibility index (Phi) is 2.41. The fraction of sp³-hybridized carbons (Fsp3) is 0.222. The van der Waals surface area contributed by atoms with E-state index in [1.54, 1.807) is 6.92 Å². The van der Waals surface area contributed by atoms with E-state index in [0.717, 1.165) is 0 Å². The summed E-state index contributed by atoms with van der Waals surface area (Å²) in [5.74, 6) is -0.909. The summed E-state index contributed by atoms with van der Waals surface area (Å²) < 4.78 is 4.40. The van der Waals surface area contributed by atoms with E-state index in [4.69, 9.17) is 0 Å². The van der Waals surface area contributed by atoms with Crippen molar-refractivity contribution in [2.75, 3.05) is 7.11 Å². The standard InChI is InChI=1S/C9H10O4/c1-5-3-8(11)6(4-7(5)10)9(12)13-2/h3-4,10-11H,1-2H3. The maximum atomic E-state index is 11.0. The molecule has 1 rings (SSSR count). The zero-order chi connectivity index (χ0) is 10.0. The first-order valence-corrected chi connectivity index (χ1v) is 3.67. The Balaban J connectivity index is 3.23. The fourth-order valence-corrected chi connectivity index (χ4v) is 0.955. The van der Waals surface area contributed by atoms with Crippen LogP contribution in [0.2, 0.25) is 0 Å². The van der Waals surface area contributed by atoms with Crippen LogP contribution in [0.15, 0.2) is 12.1 Å². The van der Waals surface area contributed by atoms with Gasteiger partial charge < -0.3 is 14.9 Å². The highest BCUT2D eigenvalue weighted by atomic mass is 16.5. The number of hydrogen-bond donors (Lipinski definition) is 2. The van der Waals surface area contributed by atoms with Crippen LogP contribution in [0.1, 0.15) is 15.9 Å². The minimum atomic E-state index is -0.673. The summed E-state index contributed by atoms with van der Waals surface area (Å²) in [6.45, 7) is 1.62. The van der Waals surface area contributed by atoms with Gasteiger partial charge in [0.05, 0.1) is 7.11 Å². The number of ether oxygens (including phenoxy) is 1. The second-order valence-corrected chi connectivity index (χ2v) is 2.65. The van der Waals surface area contributed by atoms with E-state index >= 15 is 0 Å². The van der Waals surface area contributed by atoms with Crippen molar-refractivity contribution >= 4 is 5.97 Å². The highest BCUT2D eigenvalue weighted by Crippen LogP contribution is 2.26. The summed E-state index contributed by atoms with van der Waals surface area (Å²) >= 11 is 0. The molecule has 4 heteroatoms. The van der Waals surface area contributed by atoms with Crippen molar-refractivity contribution < 1.29 is 19.7 Å². The van der Waals surface area contributed by atoms with Gasteiger partial charge in [0, 0.05) is 0 Å². The fourth-order valence-electron chi connectivity index (χ4n) is 0.955. The largest absolute Gasteiger partial charge is 0.508 e. The van der Waals surface area contributed by atoms with Gasteiger partial charge in [-0.15, -0.1) is 0 Å². The first kappa shape index (κ1) is 9.38. The molecule has 0 aliphatic carbocycles. The van der Waals surface area contributed by atoms with Crippen molar-refractivity contribution in [2.24, 2.45) is 0 Å². The van der Waals surface area contributed by atoms with Gasteiger partial charge in [0.25, 0.3) is 0 Å². The monoisotopic (exact) mass is 182 g/mol. The number of aromatic hydroxyl groups is 2. The average Bonchev–Trinajstić information content (AvgIpc) is 2.10. The Labute approximate surface area is 75.4 Å². The summed E-state index contributed by atoms with van der Waals surface area (Å²) in [4.78, 5) is 11.0. The molecule has 2 N–H and O–H groups in total. The number of hydrogen-bond acceptors (Lipinski definition) is 4. The number of phenolic OH excluding ortho intramolecular Hbond substituents is 2. The van der Waals surface area contributed by atoms with Crippen molar-refractivity contribution in [3.63, 3.8) is 0 Å². The first-order chi connectivity index (χ1) is 6.06. The molecule has 70 valence electrons. The summed E-state index contributed by atoms with van der Waals surface area (Å²) in [6.07, 6.45) is 0. The van der Waals surface area contributed by atoms with E-state index in [1.165, 1.54) is 19.2 Å². The lowest BCUT2D eigenvalue weighted by Gasteiger charge is -2.05. The molecule has 0 amide bonds. The number of benzene rings is 1. The molecule has 0 aromatic heterocycles. The van der Waals surface area contributed by atoms with E-state index in [1.807, 2.05) is 0 Å². The van der Waals surface area contributed by atoms with Crippen molar-refractivity contribution in [3.05, 3.63) is 23.3 Å². The Morgan fingerprint density at radius 2 is 1.92 bits per heavy atom. The van der Waals surface area contributed by atoms with Crippen molar-refractivity contribution in [3.8, 4) is 11.5 Å². The van der Waals surface area contributed by atoms with Gasteiger partial charge in [-0.2, -0.15) is 0 Å². The van der Waals surface area contributed by atoms with Crippen LogP contribution in [0.25, 0.3) is 0 Å². The van der Waals surface area contributed by atoms with Crippen molar-refractivity contribution in [1.29, 1.82) is 0 Å². The number of carbonyl (C=O) groups excluding carboxylic acids is 1. The molecule has 0 aliphatic rings. The Morgan fingerprint density at radius 3 is 2.46 bits per heavy atom. The molecule has 0 radical (unpaired) electrons. The third kappa shape index (κ3) is 1.72. The van der Waals surface area contributed by atoms with Gasteiger partial charge in [0.2, 0.25) is 0 Å². The second kappa shape index (κ2) is 3.35. The van der Waals surface area contributed by atoms with E-state index in [2.05, 4.69) is 4.74 Å². The lowest BCUT2D eigenvalue weighted by atomic mass is 10.1. The average molecular weight is 182 g/mol. The molecule has 1 aromatic carbocycles.